The van der Waals surface area contributed by atoms with E-state index in [0.29, 0.717) is 19.3 Å². The van der Waals surface area contributed by atoms with Gasteiger partial charge in [-0.15, -0.1) is 0 Å². The molecule has 0 aromatic rings. The van der Waals surface area contributed by atoms with Crippen LogP contribution < -0.4 is 0 Å². The van der Waals surface area contributed by atoms with Crippen LogP contribution in [0.5, 0.6) is 0 Å². The molecule has 83 heavy (non-hydrogen) atoms. The van der Waals surface area contributed by atoms with Crippen LogP contribution in [0, 0.1) is 0 Å². The van der Waals surface area contributed by atoms with E-state index < -0.39 is 6.10 Å². The molecule has 6 heteroatoms. The summed E-state index contributed by atoms with van der Waals surface area (Å²) >= 11 is 0. The van der Waals surface area contributed by atoms with Gasteiger partial charge in [0, 0.05) is 19.3 Å². The third-order valence-electron chi connectivity index (χ3n) is 15.9. The molecule has 0 aliphatic heterocycles. The van der Waals surface area contributed by atoms with E-state index in [1.807, 2.05) is 0 Å². The predicted molar refractivity (Wildman–Crippen MR) is 362 cm³/mol. The summed E-state index contributed by atoms with van der Waals surface area (Å²) in [6.45, 7) is 6.54. The van der Waals surface area contributed by atoms with Crippen LogP contribution in [0.4, 0.5) is 0 Å². The van der Waals surface area contributed by atoms with Crippen molar-refractivity contribution in [3.8, 4) is 0 Å². The molecule has 0 aliphatic carbocycles. The van der Waals surface area contributed by atoms with Gasteiger partial charge in [-0.1, -0.05) is 337 Å². The van der Waals surface area contributed by atoms with Crippen LogP contribution in [0.2, 0.25) is 0 Å². The van der Waals surface area contributed by atoms with Gasteiger partial charge in [-0.25, -0.2) is 0 Å². The van der Waals surface area contributed by atoms with Crippen molar-refractivity contribution in [1.82, 2.24) is 0 Å². The highest BCUT2D eigenvalue weighted by molar-refractivity contribution is 5.71. The minimum atomic E-state index is -0.775. The van der Waals surface area contributed by atoms with Crippen LogP contribution in [0.25, 0.3) is 0 Å². The topological polar surface area (TPSA) is 78.9 Å². The minimum absolute atomic E-state index is 0.0721. The molecule has 0 spiro atoms. The monoisotopic (exact) mass is 1160 g/mol. The van der Waals surface area contributed by atoms with Crippen molar-refractivity contribution in [2.75, 3.05) is 13.2 Å². The fourth-order valence-electron chi connectivity index (χ4n) is 10.5. The molecular formula is C77H136O6. The van der Waals surface area contributed by atoms with Crippen molar-refractivity contribution in [2.24, 2.45) is 0 Å². The Bertz CT molecular complexity index is 1570. The van der Waals surface area contributed by atoms with Crippen LogP contribution in [-0.2, 0) is 28.6 Å². The lowest BCUT2D eigenvalue weighted by Crippen LogP contribution is -2.30. The zero-order chi connectivity index (χ0) is 59.9. The molecule has 0 rings (SSSR count). The van der Waals surface area contributed by atoms with Crippen molar-refractivity contribution in [3.05, 3.63) is 85.1 Å². The van der Waals surface area contributed by atoms with Gasteiger partial charge in [-0.05, 0) is 96.3 Å². The summed E-state index contributed by atoms with van der Waals surface area (Å²) in [4.78, 5) is 38.3. The third kappa shape index (κ3) is 69.3. The van der Waals surface area contributed by atoms with Crippen LogP contribution >= 0.6 is 0 Å². The van der Waals surface area contributed by atoms with E-state index in [1.165, 1.54) is 231 Å². The number of ether oxygens (including phenoxy) is 3. The average molecular weight is 1160 g/mol. The molecule has 0 bridgehead atoms. The Morgan fingerprint density at radius 1 is 0.253 bits per heavy atom. The lowest BCUT2D eigenvalue weighted by Gasteiger charge is -2.18. The van der Waals surface area contributed by atoms with E-state index in [-0.39, 0.29) is 31.1 Å². The number of hydrogen-bond acceptors (Lipinski definition) is 6. The molecule has 6 nitrogen and oxygen atoms in total. The Morgan fingerprint density at radius 3 is 0.735 bits per heavy atom. The number of carbonyl (C=O) groups excluding carboxylic acids is 3. The summed E-state index contributed by atoms with van der Waals surface area (Å²) in [5.41, 5.74) is 0. The molecule has 0 radical (unpaired) electrons. The van der Waals surface area contributed by atoms with E-state index in [2.05, 4.69) is 106 Å². The second kappa shape index (κ2) is 71.1. The van der Waals surface area contributed by atoms with Crippen LogP contribution in [-0.4, -0.2) is 37.2 Å². The molecule has 0 saturated heterocycles. The molecular weight excluding hydrogens is 1020 g/mol. The first-order valence-electron chi connectivity index (χ1n) is 36.1. The Balaban J connectivity index is 4.13. The molecule has 0 fully saturated rings. The summed E-state index contributed by atoms with van der Waals surface area (Å²) in [6.07, 6.45) is 94.9. The third-order valence-corrected chi connectivity index (χ3v) is 15.9. The first kappa shape index (κ1) is 79.6. The standard InChI is InChI=1S/C77H136O6/c1-4-7-10-13-16-19-21-23-25-27-29-31-33-35-37-38-40-41-43-45-47-49-51-53-55-58-61-64-67-70-76(79)82-73-74(72-81-75(78)69-66-63-60-57-18-15-12-9-6-3)83-77(80)71-68-65-62-59-56-54-52-50-48-46-44-42-39-36-34-32-30-28-26-24-22-20-17-14-11-8-5-2/h8,11,17,20-21,23-24,26-27,29-30,32-33,35,74H,4-7,9-10,12-16,18-19,22,25,28,31,34,36-73H2,1-3H3/b11-8-,20-17-,23-21-,26-24-,29-27-,32-30-,35-33-. The van der Waals surface area contributed by atoms with Crippen molar-refractivity contribution in [3.63, 3.8) is 0 Å². The highest BCUT2D eigenvalue weighted by atomic mass is 16.6. The van der Waals surface area contributed by atoms with Crippen molar-refractivity contribution >= 4 is 17.9 Å². The lowest BCUT2D eigenvalue weighted by atomic mass is 10.0. The second-order valence-corrected chi connectivity index (χ2v) is 24.1. The van der Waals surface area contributed by atoms with Gasteiger partial charge in [-0.3, -0.25) is 14.4 Å². The Labute approximate surface area is 515 Å². The summed E-state index contributed by atoms with van der Waals surface area (Å²) < 4.78 is 16.9. The molecule has 1 atom stereocenters. The normalized spacial score (nSPS) is 12.6. The zero-order valence-corrected chi connectivity index (χ0v) is 55.2. The summed E-state index contributed by atoms with van der Waals surface area (Å²) in [6, 6.07) is 0. The van der Waals surface area contributed by atoms with E-state index in [0.717, 1.165) is 96.3 Å². The van der Waals surface area contributed by atoms with Crippen LogP contribution in [0.1, 0.15) is 367 Å². The zero-order valence-electron chi connectivity index (χ0n) is 55.2. The van der Waals surface area contributed by atoms with Gasteiger partial charge in [0.2, 0.25) is 0 Å². The minimum Gasteiger partial charge on any atom is -0.462 e. The fourth-order valence-corrected chi connectivity index (χ4v) is 10.5. The SMILES string of the molecule is CC/C=C\C/C=C\C/C=C\C/C=C\CCCCCCCCCCCCCCCCC(=O)OC(COC(=O)CCCCCCCCCCC)COC(=O)CCCCCCCCCCCCCCCC/C=C\C/C=C\C/C=C\CCCCCCC. The summed E-state index contributed by atoms with van der Waals surface area (Å²) in [5, 5.41) is 0. The molecule has 0 amide bonds. The van der Waals surface area contributed by atoms with Crippen molar-refractivity contribution < 1.29 is 28.6 Å². The first-order valence-corrected chi connectivity index (χ1v) is 36.1. The largest absolute Gasteiger partial charge is 0.462 e. The fraction of sp³-hybridized carbons (Fsp3) is 0.779. The van der Waals surface area contributed by atoms with Crippen LogP contribution in [0.15, 0.2) is 85.1 Å². The van der Waals surface area contributed by atoms with E-state index in [9.17, 15) is 14.4 Å². The number of hydrogen-bond donors (Lipinski definition) is 0. The van der Waals surface area contributed by atoms with Gasteiger partial charge < -0.3 is 14.2 Å². The van der Waals surface area contributed by atoms with Gasteiger partial charge in [0.15, 0.2) is 6.10 Å². The van der Waals surface area contributed by atoms with Crippen molar-refractivity contribution in [2.45, 2.75) is 374 Å². The Morgan fingerprint density at radius 2 is 0.470 bits per heavy atom. The second-order valence-electron chi connectivity index (χ2n) is 24.1. The molecule has 480 valence electrons. The average Bonchev–Trinajstić information content (AvgIpc) is 3.49. The smallest absolute Gasteiger partial charge is 0.306 e. The molecule has 1 unspecified atom stereocenters. The number of esters is 3. The predicted octanol–water partition coefficient (Wildman–Crippen LogP) is 25.0. The molecule has 0 saturated carbocycles. The molecule has 0 heterocycles. The van der Waals surface area contributed by atoms with Gasteiger partial charge in [0.05, 0.1) is 0 Å². The quantitative estimate of drug-likeness (QED) is 0.0261. The molecule has 0 aliphatic rings. The first-order chi connectivity index (χ1) is 41.0. The highest BCUT2D eigenvalue weighted by Crippen LogP contribution is 2.18. The summed E-state index contributed by atoms with van der Waals surface area (Å²) in [5.74, 6) is -0.857. The van der Waals surface area contributed by atoms with E-state index in [4.69, 9.17) is 14.2 Å². The maximum absolute atomic E-state index is 12.9. The molecule has 0 aromatic heterocycles. The van der Waals surface area contributed by atoms with Crippen LogP contribution in [0.3, 0.4) is 0 Å². The van der Waals surface area contributed by atoms with Crippen molar-refractivity contribution in [1.29, 1.82) is 0 Å². The van der Waals surface area contributed by atoms with Gasteiger partial charge in [0.25, 0.3) is 0 Å². The maximum atomic E-state index is 12.9. The molecule has 0 aromatic carbocycles. The van der Waals surface area contributed by atoms with Gasteiger partial charge in [-0.2, -0.15) is 0 Å². The van der Waals surface area contributed by atoms with E-state index in [1.54, 1.807) is 0 Å². The van der Waals surface area contributed by atoms with Gasteiger partial charge >= 0.3 is 17.9 Å². The molecule has 0 N–H and O–H groups in total. The number of unbranched alkanes of at least 4 members (excludes halogenated alkanes) is 41. The number of rotatable bonds is 66. The maximum Gasteiger partial charge on any atom is 0.306 e. The van der Waals surface area contributed by atoms with Gasteiger partial charge in [0.1, 0.15) is 13.2 Å². The highest BCUT2D eigenvalue weighted by Gasteiger charge is 2.19. The van der Waals surface area contributed by atoms with E-state index >= 15 is 0 Å². The number of carbonyl (C=O) groups is 3. The number of allylic oxidation sites excluding steroid dienone is 14. The summed E-state index contributed by atoms with van der Waals surface area (Å²) in [7, 11) is 0. The lowest BCUT2D eigenvalue weighted by molar-refractivity contribution is -0.167. The Hall–Kier alpha value is -3.41. The Kier molecular flexibility index (Phi) is 68.2.